The van der Waals surface area contributed by atoms with Crippen molar-refractivity contribution in [1.29, 1.82) is 0 Å². The van der Waals surface area contributed by atoms with Crippen molar-refractivity contribution in [3.05, 3.63) is 63.8 Å². The Morgan fingerprint density at radius 1 is 1.06 bits per heavy atom. The van der Waals surface area contributed by atoms with Crippen molar-refractivity contribution >= 4 is 21.4 Å². The first kappa shape index (κ1) is 22.9. The third kappa shape index (κ3) is 4.73. The molecule has 0 amide bonds. The number of aryl methyl sites for hydroxylation is 1. The summed E-state index contributed by atoms with van der Waals surface area (Å²) in [5.41, 5.74) is 0.610. The molecule has 0 aliphatic carbocycles. The maximum atomic E-state index is 15.2. The monoisotopic (exact) mass is 474 g/mol. The third-order valence-corrected chi connectivity index (χ3v) is 6.73. The molecule has 0 radical (unpaired) electrons. The summed E-state index contributed by atoms with van der Waals surface area (Å²) in [6, 6.07) is 7.20. The van der Waals surface area contributed by atoms with E-state index in [9.17, 15) is 22.0 Å². The minimum atomic E-state index is -5.21. The summed E-state index contributed by atoms with van der Waals surface area (Å²) in [5, 5.41) is 0.862. The fourth-order valence-corrected chi connectivity index (χ4v) is 5.27. The molecule has 1 aromatic heterocycles. The molecular weight excluding hydrogens is 454 g/mol. The molecule has 4 rings (SSSR count). The largest absolute Gasteiger partial charge is 0.573 e. The van der Waals surface area contributed by atoms with Crippen LogP contribution in [0.4, 0.5) is 26.3 Å². The number of hydrogen-bond donors (Lipinski definition) is 0. The number of benzene rings is 2. The molecule has 2 atom stereocenters. The Morgan fingerprint density at radius 2 is 1.78 bits per heavy atom. The second-order valence-corrected chi connectivity index (χ2v) is 8.94. The number of hydrogen-bond acceptors (Lipinski definition) is 3. The van der Waals surface area contributed by atoms with Gasteiger partial charge in [-0.05, 0) is 54.0 Å². The normalized spacial score (nSPS) is 19.5. The van der Waals surface area contributed by atoms with Crippen molar-refractivity contribution in [2.45, 2.75) is 51.0 Å². The van der Waals surface area contributed by atoms with Gasteiger partial charge < -0.3 is 9.47 Å². The van der Waals surface area contributed by atoms with Crippen molar-refractivity contribution in [3.8, 4) is 5.75 Å². The summed E-state index contributed by atoms with van der Waals surface area (Å²) in [4.78, 5) is 1.13. The minimum absolute atomic E-state index is 0.0753. The fraction of sp³-hybridized carbons (Fsp3) is 0.391. The molecule has 32 heavy (non-hydrogen) atoms. The first-order valence-electron chi connectivity index (χ1n) is 10.2. The summed E-state index contributed by atoms with van der Waals surface area (Å²) in [7, 11) is 0. The average molecular weight is 474 g/mol. The lowest BCUT2D eigenvalue weighted by molar-refractivity contribution is -0.276. The maximum absolute atomic E-state index is 15.2. The van der Waals surface area contributed by atoms with Gasteiger partial charge in [0.25, 0.3) is 0 Å². The first-order valence-corrected chi connectivity index (χ1v) is 11.0. The summed E-state index contributed by atoms with van der Waals surface area (Å²) >= 11 is 1.44. The first-order chi connectivity index (χ1) is 15.2. The van der Waals surface area contributed by atoms with Gasteiger partial charge in [-0.3, -0.25) is 0 Å². The Morgan fingerprint density at radius 3 is 2.38 bits per heavy atom. The topological polar surface area (TPSA) is 18.5 Å². The van der Waals surface area contributed by atoms with Crippen LogP contribution in [0.3, 0.4) is 0 Å². The summed E-state index contributed by atoms with van der Waals surface area (Å²) in [5.74, 6) is -4.91. The standard InChI is InChI=1S/C23H20F6O2S/c1-2-3-15-8-12-4-6-16(20(26)22(12)32-15)13-5-7-19(30-11-13)14-9-17(24)21(18(25)10-14)31-23(27,28)29/h4,6,8-10,13,19H,2-3,5,7,11H2,1H3. The van der Waals surface area contributed by atoms with Crippen LogP contribution in [-0.2, 0) is 11.2 Å². The molecule has 9 heteroatoms. The number of fused-ring (bicyclic) bond motifs is 1. The number of ether oxygens (including phenoxy) is 2. The van der Waals surface area contributed by atoms with Gasteiger partial charge >= 0.3 is 6.36 Å². The molecule has 0 bridgehead atoms. The van der Waals surface area contributed by atoms with Crippen molar-refractivity contribution < 1.29 is 35.8 Å². The van der Waals surface area contributed by atoms with Crippen LogP contribution in [-0.4, -0.2) is 13.0 Å². The molecule has 1 aliphatic rings. The van der Waals surface area contributed by atoms with E-state index in [2.05, 4.69) is 11.7 Å². The highest BCUT2D eigenvalue weighted by Crippen LogP contribution is 2.40. The molecule has 0 N–H and O–H groups in total. The summed E-state index contributed by atoms with van der Waals surface area (Å²) in [6.07, 6.45) is -3.20. The molecule has 2 unspecified atom stereocenters. The van der Waals surface area contributed by atoms with Crippen molar-refractivity contribution in [2.24, 2.45) is 0 Å². The minimum Gasteiger partial charge on any atom is -0.399 e. The van der Waals surface area contributed by atoms with E-state index >= 15 is 4.39 Å². The van der Waals surface area contributed by atoms with Crippen LogP contribution >= 0.6 is 11.3 Å². The molecule has 172 valence electrons. The molecule has 0 saturated carbocycles. The van der Waals surface area contributed by atoms with Gasteiger partial charge in [-0.15, -0.1) is 24.5 Å². The van der Waals surface area contributed by atoms with Gasteiger partial charge in [0.05, 0.1) is 17.4 Å². The lowest BCUT2D eigenvalue weighted by Crippen LogP contribution is -2.21. The summed E-state index contributed by atoms with van der Waals surface area (Å²) < 4.78 is 89.9. The number of rotatable bonds is 5. The highest BCUT2D eigenvalue weighted by Gasteiger charge is 2.35. The van der Waals surface area contributed by atoms with Gasteiger partial charge in [-0.2, -0.15) is 0 Å². The van der Waals surface area contributed by atoms with E-state index in [4.69, 9.17) is 4.74 Å². The molecule has 2 nitrogen and oxygen atoms in total. The van der Waals surface area contributed by atoms with E-state index < -0.39 is 29.9 Å². The fourth-order valence-electron chi connectivity index (χ4n) is 4.06. The predicted molar refractivity (Wildman–Crippen MR) is 109 cm³/mol. The van der Waals surface area contributed by atoms with Gasteiger partial charge in [-0.25, -0.2) is 13.2 Å². The highest BCUT2D eigenvalue weighted by molar-refractivity contribution is 7.19. The zero-order valence-electron chi connectivity index (χ0n) is 17.1. The second kappa shape index (κ2) is 8.94. The molecule has 1 fully saturated rings. The van der Waals surface area contributed by atoms with Crippen LogP contribution in [0.15, 0.2) is 30.3 Å². The number of alkyl halides is 3. The lowest BCUT2D eigenvalue weighted by atomic mass is 9.89. The Balaban J connectivity index is 1.49. The zero-order chi connectivity index (χ0) is 23.0. The number of halogens is 6. The predicted octanol–water partition coefficient (Wildman–Crippen LogP) is 7.81. The number of thiophene rings is 1. The van der Waals surface area contributed by atoms with Crippen molar-refractivity contribution in [2.75, 3.05) is 6.61 Å². The van der Waals surface area contributed by atoms with E-state index in [1.54, 1.807) is 6.07 Å². The van der Waals surface area contributed by atoms with E-state index in [-0.39, 0.29) is 23.9 Å². The Hall–Kier alpha value is -2.26. The Bertz CT molecular complexity index is 1090. The van der Waals surface area contributed by atoms with Crippen LogP contribution in [0.25, 0.3) is 10.1 Å². The average Bonchev–Trinajstić information content (AvgIpc) is 3.14. The van der Waals surface area contributed by atoms with Crippen LogP contribution in [0.5, 0.6) is 5.75 Å². The van der Waals surface area contributed by atoms with Gasteiger partial charge in [0, 0.05) is 10.8 Å². The molecule has 1 saturated heterocycles. The zero-order valence-corrected chi connectivity index (χ0v) is 17.9. The van der Waals surface area contributed by atoms with Gasteiger partial charge in [0.15, 0.2) is 11.6 Å². The summed E-state index contributed by atoms with van der Waals surface area (Å²) in [6.45, 7) is 2.20. The van der Waals surface area contributed by atoms with Crippen LogP contribution < -0.4 is 4.74 Å². The van der Waals surface area contributed by atoms with E-state index in [1.807, 2.05) is 12.1 Å². The third-order valence-electron chi connectivity index (χ3n) is 5.53. The Kier molecular flexibility index (Phi) is 6.40. The molecule has 1 aliphatic heterocycles. The van der Waals surface area contributed by atoms with E-state index in [0.717, 1.165) is 35.2 Å². The quantitative estimate of drug-likeness (QED) is 0.351. The van der Waals surface area contributed by atoms with Crippen LogP contribution in [0, 0.1) is 17.5 Å². The van der Waals surface area contributed by atoms with Crippen LogP contribution in [0.2, 0.25) is 0 Å². The molecule has 2 heterocycles. The molecule has 0 spiro atoms. The SMILES string of the molecule is CCCc1cc2ccc(C3CCC(c4cc(F)c(OC(F)(F)F)c(F)c4)OC3)c(F)c2s1. The highest BCUT2D eigenvalue weighted by atomic mass is 32.1. The smallest absolute Gasteiger partial charge is 0.399 e. The molecular formula is C23H20F6O2S. The second-order valence-electron chi connectivity index (χ2n) is 7.81. The van der Waals surface area contributed by atoms with Gasteiger partial charge in [0.1, 0.15) is 5.82 Å². The lowest BCUT2D eigenvalue weighted by Gasteiger charge is -2.30. The van der Waals surface area contributed by atoms with Crippen molar-refractivity contribution in [1.82, 2.24) is 0 Å². The molecule has 2 aromatic carbocycles. The van der Waals surface area contributed by atoms with Gasteiger partial charge in [-0.1, -0.05) is 25.5 Å². The molecule has 3 aromatic rings. The van der Waals surface area contributed by atoms with E-state index in [0.29, 0.717) is 23.1 Å². The van der Waals surface area contributed by atoms with E-state index in [1.165, 1.54) is 11.3 Å². The maximum Gasteiger partial charge on any atom is 0.573 e. The van der Waals surface area contributed by atoms with Crippen LogP contribution in [0.1, 0.15) is 54.2 Å². The Labute approximate surface area is 184 Å². The van der Waals surface area contributed by atoms with Crippen molar-refractivity contribution in [3.63, 3.8) is 0 Å². The van der Waals surface area contributed by atoms with Gasteiger partial charge in [0.2, 0.25) is 5.75 Å².